The Hall–Kier alpha value is -2.64. The van der Waals surface area contributed by atoms with Crippen LogP contribution in [0.3, 0.4) is 0 Å². The Balaban J connectivity index is 1.57. The number of carbonyl (C=O) groups is 1. The normalized spacial score (nSPS) is 19.5. The number of fused-ring (bicyclic) bond motifs is 2. The average Bonchev–Trinajstić information content (AvgIpc) is 3.08. The molecule has 0 N–H and O–H groups in total. The van der Waals surface area contributed by atoms with Crippen LogP contribution >= 0.6 is 0 Å². The summed E-state index contributed by atoms with van der Waals surface area (Å²) in [7, 11) is 1.63. The highest BCUT2D eigenvalue weighted by molar-refractivity contribution is 5.94. The lowest BCUT2D eigenvalue weighted by Gasteiger charge is -2.31. The Kier molecular flexibility index (Phi) is 3.36. The van der Waals surface area contributed by atoms with Crippen molar-refractivity contribution in [2.45, 2.75) is 19.4 Å². The molecular formula is C15H17N5O3. The first kappa shape index (κ1) is 14.0. The molecule has 8 nitrogen and oxygen atoms in total. The Labute approximate surface area is 133 Å². The predicted octanol–water partition coefficient (Wildman–Crippen LogP) is 0.670. The van der Waals surface area contributed by atoms with Crippen LogP contribution in [0.2, 0.25) is 0 Å². The molecular weight excluding hydrogens is 298 g/mol. The zero-order chi connectivity index (χ0) is 15.8. The highest BCUT2D eigenvalue weighted by Gasteiger charge is 2.34. The molecule has 0 saturated carbocycles. The average molecular weight is 315 g/mol. The predicted molar refractivity (Wildman–Crippen MR) is 80.5 cm³/mol. The maximum atomic E-state index is 12.9. The number of nitrogens with zero attached hydrogens (tertiary/aromatic N) is 5. The van der Waals surface area contributed by atoms with E-state index in [1.807, 2.05) is 18.2 Å². The molecule has 1 unspecified atom stereocenters. The number of ether oxygens (including phenoxy) is 2. The van der Waals surface area contributed by atoms with E-state index in [0.29, 0.717) is 25.5 Å². The van der Waals surface area contributed by atoms with Gasteiger partial charge in [-0.1, -0.05) is 5.10 Å². The number of benzene rings is 1. The van der Waals surface area contributed by atoms with E-state index in [-0.39, 0.29) is 11.8 Å². The third kappa shape index (κ3) is 2.39. The summed E-state index contributed by atoms with van der Waals surface area (Å²) in [5.41, 5.74) is 0.991. The molecule has 0 bridgehead atoms. The number of carbonyl (C=O) groups excluding carboxylic acids is 1. The van der Waals surface area contributed by atoms with E-state index in [9.17, 15) is 4.79 Å². The third-order valence-electron chi connectivity index (χ3n) is 4.30. The minimum atomic E-state index is -0.238. The number of methoxy groups -OCH3 is 1. The van der Waals surface area contributed by atoms with Crippen molar-refractivity contribution < 1.29 is 14.3 Å². The molecule has 3 heterocycles. The van der Waals surface area contributed by atoms with Crippen LogP contribution in [0.15, 0.2) is 18.2 Å². The van der Waals surface area contributed by atoms with Gasteiger partial charge in [0.2, 0.25) is 5.91 Å². The lowest BCUT2D eigenvalue weighted by atomic mass is 9.95. The lowest BCUT2D eigenvalue weighted by molar-refractivity contribution is -0.123. The van der Waals surface area contributed by atoms with E-state index < -0.39 is 0 Å². The minimum Gasteiger partial charge on any atom is -0.497 e. The van der Waals surface area contributed by atoms with Gasteiger partial charge >= 0.3 is 0 Å². The van der Waals surface area contributed by atoms with Crippen LogP contribution in [0.4, 0.5) is 5.95 Å². The largest absolute Gasteiger partial charge is 0.497 e. The number of anilines is 1. The first-order valence-electron chi connectivity index (χ1n) is 7.63. The summed E-state index contributed by atoms with van der Waals surface area (Å²) in [5, 5.41) is 11.5. The lowest BCUT2D eigenvalue weighted by Crippen LogP contribution is -2.44. The summed E-state index contributed by atoms with van der Waals surface area (Å²) in [5.74, 6) is 1.88. The topological polar surface area (TPSA) is 82.4 Å². The molecule has 4 rings (SSSR count). The summed E-state index contributed by atoms with van der Waals surface area (Å²) >= 11 is 0. The summed E-state index contributed by atoms with van der Waals surface area (Å²) in [6.07, 6.45) is 1.48. The van der Waals surface area contributed by atoms with Gasteiger partial charge in [-0.3, -0.25) is 9.69 Å². The van der Waals surface area contributed by atoms with Gasteiger partial charge in [-0.2, -0.15) is 0 Å². The second kappa shape index (κ2) is 5.53. The Morgan fingerprint density at radius 1 is 1.39 bits per heavy atom. The van der Waals surface area contributed by atoms with Crippen LogP contribution < -0.4 is 14.4 Å². The molecule has 1 aromatic heterocycles. The summed E-state index contributed by atoms with van der Waals surface area (Å²) in [4.78, 5) is 14.6. The van der Waals surface area contributed by atoms with Gasteiger partial charge in [-0.15, -0.1) is 0 Å². The fourth-order valence-corrected chi connectivity index (χ4v) is 3.10. The van der Waals surface area contributed by atoms with Crippen LogP contribution in [0, 0.1) is 5.92 Å². The molecule has 120 valence electrons. The van der Waals surface area contributed by atoms with Crippen molar-refractivity contribution in [3.05, 3.63) is 23.8 Å². The highest BCUT2D eigenvalue weighted by Crippen LogP contribution is 2.32. The summed E-state index contributed by atoms with van der Waals surface area (Å²) in [6.45, 7) is 1.75. The Bertz CT molecular complexity index is 744. The van der Waals surface area contributed by atoms with Crippen LogP contribution in [0.25, 0.3) is 0 Å². The number of hydrogen-bond donors (Lipinski definition) is 0. The smallest absolute Gasteiger partial charge is 0.252 e. The number of hydrogen-bond acceptors (Lipinski definition) is 6. The molecule has 0 radical (unpaired) electrons. The maximum Gasteiger partial charge on any atom is 0.252 e. The molecule has 1 aromatic carbocycles. The molecule has 0 spiro atoms. The number of aryl methyl sites for hydroxylation is 1. The van der Waals surface area contributed by atoms with Gasteiger partial charge in [0.15, 0.2) is 0 Å². The fraction of sp³-hybridized carbons (Fsp3) is 0.467. The zero-order valence-electron chi connectivity index (χ0n) is 12.8. The van der Waals surface area contributed by atoms with E-state index in [1.165, 1.54) is 0 Å². The maximum absolute atomic E-state index is 12.9. The molecule has 8 heteroatoms. The van der Waals surface area contributed by atoms with Gasteiger partial charge in [-0.05, 0) is 47.0 Å². The SMILES string of the molecule is COc1ccc2c(c1)CC(C(=O)N1CCCn3nnnc31)CO2. The molecule has 2 aliphatic rings. The number of tetrazole rings is 1. The molecule has 0 fully saturated rings. The van der Waals surface area contributed by atoms with Crippen molar-refractivity contribution in [2.24, 2.45) is 5.92 Å². The first-order chi connectivity index (χ1) is 11.3. The Morgan fingerprint density at radius 2 is 2.30 bits per heavy atom. The van der Waals surface area contributed by atoms with Crippen molar-refractivity contribution in [3.63, 3.8) is 0 Å². The van der Waals surface area contributed by atoms with E-state index in [0.717, 1.165) is 30.0 Å². The second-order valence-electron chi connectivity index (χ2n) is 5.73. The highest BCUT2D eigenvalue weighted by atomic mass is 16.5. The van der Waals surface area contributed by atoms with E-state index in [4.69, 9.17) is 9.47 Å². The van der Waals surface area contributed by atoms with Gasteiger partial charge in [0.25, 0.3) is 5.95 Å². The van der Waals surface area contributed by atoms with Gasteiger partial charge < -0.3 is 9.47 Å². The summed E-state index contributed by atoms with van der Waals surface area (Å²) in [6, 6.07) is 5.67. The molecule has 1 amide bonds. The molecule has 0 saturated heterocycles. The van der Waals surface area contributed by atoms with Crippen LogP contribution in [-0.2, 0) is 17.8 Å². The van der Waals surface area contributed by atoms with Crippen molar-refractivity contribution in [1.82, 2.24) is 20.2 Å². The molecule has 2 aromatic rings. The van der Waals surface area contributed by atoms with Crippen LogP contribution in [0.5, 0.6) is 11.5 Å². The molecule has 23 heavy (non-hydrogen) atoms. The van der Waals surface area contributed by atoms with Crippen molar-refractivity contribution in [1.29, 1.82) is 0 Å². The van der Waals surface area contributed by atoms with Gasteiger partial charge in [0, 0.05) is 13.1 Å². The Morgan fingerprint density at radius 3 is 3.17 bits per heavy atom. The number of aromatic nitrogens is 4. The molecule has 1 atom stereocenters. The van der Waals surface area contributed by atoms with Crippen molar-refractivity contribution >= 4 is 11.9 Å². The fourth-order valence-electron chi connectivity index (χ4n) is 3.10. The van der Waals surface area contributed by atoms with E-state index >= 15 is 0 Å². The van der Waals surface area contributed by atoms with Crippen LogP contribution in [0.1, 0.15) is 12.0 Å². The second-order valence-corrected chi connectivity index (χ2v) is 5.73. The van der Waals surface area contributed by atoms with Gasteiger partial charge in [0.05, 0.1) is 13.0 Å². The van der Waals surface area contributed by atoms with Gasteiger partial charge in [-0.25, -0.2) is 4.68 Å². The number of rotatable bonds is 2. The van der Waals surface area contributed by atoms with Gasteiger partial charge in [0.1, 0.15) is 18.1 Å². The monoisotopic (exact) mass is 315 g/mol. The quantitative estimate of drug-likeness (QED) is 0.810. The third-order valence-corrected chi connectivity index (χ3v) is 4.30. The molecule has 0 aliphatic carbocycles. The van der Waals surface area contributed by atoms with E-state index in [2.05, 4.69) is 15.5 Å². The zero-order valence-corrected chi connectivity index (χ0v) is 12.8. The van der Waals surface area contributed by atoms with E-state index in [1.54, 1.807) is 16.7 Å². The van der Waals surface area contributed by atoms with Crippen molar-refractivity contribution in [2.75, 3.05) is 25.2 Å². The van der Waals surface area contributed by atoms with Crippen LogP contribution in [-0.4, -0.2) is 46.4 Å². The van der Waals surface area contributed by atoms with Crippen molar-refractivity contribution in [3.8, 4) is 11.5 Å². The summed E-state index contributed by atoms with van der Waals surface area (Å²) < 4.78 is 12.7. The first-order valence-corrected chi connectivity index (χ1v) is 7.63. The minimum absolute atomic E-state index is 0.00854. The molecule has 2 aliphatic heterocycles. The number of amides is 1. The standard InChI is InChI=1S/C15H17N5O3/c1-22-12-3-4-13-10(8-12)7-11(9-23-13)14(21)19-5-2-6-20-15(19)16-17-18-20/h3-4,8,11H,2,5-7,9H2,1H3.